The summed E-state index contributed by atoms with van der Waals surface area (Å²) in [5, 5.41) is 0. The number of aromatic nitrogens is 2. The van der Waals surface area contributed by atoms with Crippen molar-refractivity contribution in [3.05, 3.63) is 65.0 Å². The molecule has 0 bridgehead atoms. The second-order valence-corrected chi connectivity index (χ2v) is 9.41. The van der Waals surface area contributed by atoms with Crippen LogP contribution in [0, 0.1) is 0 Å². The number of nitrogens with zero attached hydrogens (tertiary/aromatic N) is 3. The quantitative estimate of drug-likeness (QED) is 0.521. The summed E-state index contributed by atoms with van der Waals surface area (Å²) in [6.45, 7) is 3.60. The first-order chi connectivity index (χ1) is 15.7. The molecule has 1 aromatic heterocycles. The lowest BCUT2D eigenvalue weighted by Gasteiger charge is -2.33. The van der Waals surface area contributed by atoms with E-state index < -0.39 is 0 Å². The zero-order chi connectivity index (χ0) is 22.1. The van der Waals surface area contributed by atoms with Crippen molar-refractivity contribution < 1.29 is 9.53 Å². The highest BCUT2D eigenvalue weighted by atomic mass is 16.5. The number of ether oxygens (including phenoxy) is 1. The van der Waals surface area contributed by atoms with Crippen molar-refractivity contribution in [3.8, 4) is 0 Å². The predicted octanol–water partition coefficient (Wildman–Crippen LogP) is 5.84. The highest BCUT2D eigenvalue weighted by molar-refractivity contribution is 5.82. The molecule has 1 aliphatic carbocycles. The number of benzene rings is 2. The smallest absolute Gasteiger partial charge is 0.410 e. The first-order valence-electron chi connectivity index (χ1n) is 12.0. The Labute approximate surface area is 190 Å². The Hall–Kier alpha value is -2.82. The lowest BCUT2D eigenvalue weighted by Crippen LogP contribution is -2.42. The lowest BCUT2D eigenvalue weighted by atomic mass is 9.88. The number of rotatable bonds is 4. The van der Waals surface area contributed by atoms with E-state index in [1.165, 1.54) is 67.2 Å². The Bertz CT molecular complexity index is 1100. The van der Waals surface area contributed by atoms with Gasteiger partial charge in [-0.3, -0.25) is 0 Å². The maximum absolute atomic E-state index is 12.4. The van der Waals surface area contributed by atoms with Gasteiger partial charge in [0.15, 0.2) is 0 Å². The van der Waals surface area contributed by atoms with Gasteiger partial charge in [0, 0.05) is 24.1 Å². The number of methoxy groups -OCH3 is 1. The molecule has 0 unspecified atom stereocenters. The molecule has 1 saturated carbocycles. The number of hydrogen-bond acceptors (Lipinski definition) is 3. The number of imidazole rings is 1. The van der Waals surface area contributed by atoms with E-state index >= 15 is 0 Å². The van der Waals surface area contributed by atoms with Crippen molar-refractivity contribution in [2.45, 2.75) is 76.9 Å². The summed E-state index contributed by atoms with van der Waals surface area (Å²) in [7, 11) is 1.46. The Kier molecular flexibility index (Phi) is 5.90. The third-order valence-corrected chi connectivity index (χ3v) is 7.37. The van der Waals surface area contributed by atoms with Gasteiger partial charge < -0.3 is 14.2 Å². The summed E-state index contributed by atoms with van der Waals surface area (Å²) in [6, 6.07) is 15.4. The molecule has 0 spiro atoms. The summed E-state index contributed by atoms with van der Waals surface area (Å²) < 4.78 is 7.53. The van der Waals surface area contributed by atoms with E-state index in [1.807, 2.05) is 4.90 Å². The summed E-state index contributed by atoms with van der Waals surface area (Å²) >= 11 is 0. The van der Waals surface area contributed by atoms with Crippen LogP contribution in [0.2, 0.25) is 0 Å². The van der Waals surface area contributed by atoms with Crippen LogP contribution in [-0.4, -0.2) is 33.7 Å². The van der Waals surface area contributed by atoms with E-state index in [1.54, 1.807) is 0 Å². The average molecular weight is 432 g/mol. The Balaban J connectivity index is 1.57. The molecular formula is C27H33N3O2. The molecule has 2 aliphatic rings. The van der Waals surface area contributed by atoms with E-state index in [2.05, 4.69) is 54.0 Å². The van der Waals surface area contributed by atoms with Crippen LogP contribution >= 0.6 is 0 Å². The molecule has 3 aromatic rings. The zero-order valence-electron chi connectivity index (χ0n) is 19.2. The molecule has 1 amide bonds. The van der Waals surface area contributed by atoms with Crippen LogP contribution in [0.3, 0.4) is 0 Å². The number of carbonyl (C=O) groups excluding carboxylic acids is 1. The Morgan fingerprint density at radius 2 is 1.88 bits per heavy atom. The van der Waals surface area contributed by atoms with Crippen molar-refractivity contribution in [1.82, 2.24) is 14.5 Å². The van der Waals surface area contributed by atoms with Gasteiger partial charge in [-0.1, -0.05) is 55.7 Å². The predicted molar refractivity (Wildman–Crippen MR) is 127 cm³/mol. The topological polar surface area (TPSA) is 47.4 Å². The number of carbonyl (C=O) groups is 1. The summed E-state index contributed by atoms with van der Waals surface area (Å²) in [4.78, 5) is 19.5. The van der Waals surface area contributed by atoms with Crippen LogP contribution in [0.5, 0.6) is 0 Å². The molecule has 5 rings (SSSR count). The average Bonchev–Trinajstić information content (AvgIpc) is 3.22. The second kappa shape index (κ2) is 8.97. The highest BCUT2D eigenvalue weighted by Gasteiger charge is 2.31. The van der Waals surface area contributed by atoms with Gasteiger partial charge in [-0.25, -0.2) is 9.78 Å². The molecule has 0 N–H and O–H groups in total. The molecule has 1 atom stereocenters. The van der Waals surface area contributed by atoms with E-state index in [4.69, 9.17) is 9.72 Å². The number of aryl methyl sites for hydroxylation is 2. The molecule has 168 valence electrons. The summed E-state index contributed by atoms with van der Waals surface area (Å²) in [6.07, 6.45) is 7.95. The Morgan fingerprint density at radius 1 is 1.09 bits per heavy atom. The van der Waals surface area contributed by atoms with Crippen molar-refractivity contribution in [2.75, 3.05) is 7.11 Å². The third-order valence-electron chi connectivity index (χ3n) is 7.37. The van der Waals surface area contributed by atoms with Crippen LogP contribution in [0.15, 0.2) is 42.5 Å². The number of fused-ring (bicyclic) bond motifs is 3. The van der Waals surface area contributed by atoms with Gasteiger partial charge in [0.05, 0.1) is 24.7 Å². The van der Waals surface area contributed by atoms with Gasteiger partial charge in [0.25, 0.3) is 0 Å². The van der Waals surface area contributed by atoms with E-state index in [0.717, 1.165) is 24.9 Å². The van der Waals surface area contributed by atoms with Gasteiger partial charge in [-0.15, -0.1) is 0 Å². The van der Waals surface area contributed by atoms with Gasteiger partial charge in [0.1, 0.15) is 5.82 Å². The SMILES string of the molecule is COC(=O)N1Cc2c(ccc3c2nc(C2CCCCC2)n3CCc2ccccc2)C[C@H]1C. The first-order valence-corrected chi connectivity index (χ1v) is 12.0. The van der Waals surface area contributed by atoms with Crippen molar-refractivity contribution in [2.24, 2.45) is 0 Å². The van der Waals surface area contributed by atoms with Crippen LogP contribution in [0.1, 0.15) is 67.5 Å². The third kappa shape index (κ3) is 3.89. The van der Waals surface area contributed by atoms with Crippen LogP contribution in [0.25, 0.3) is 11.0 Å². The van der Waals surface area contributed by atoms with Crippen LogP contribution in [-0.2, 0) is 30.7 Å². The fourth-order valence-electron chi connectivity index (χ4n) is 5.58. The molecule has 2 heterocycles. The molecule has 5 nitrogen and oxygen atoms in total. The molecule has 1 aliphatic heterocycles. The van der Waals surface area contributed by atoms with Gasteiger partial charge in [0.2, 0.25) is 0 Å². The second-order valence-electron chi connectivity index (χ2n) is 9.41. The van der Waals surface area contributed by atoms with Gasteiger partial charge in [-0.2, -0.15) is 0 Å². The molecule has 5 heteroatoms. The molecule has 2 aromatic carbocycles. The molecule has 32 heavy (non-hydrogen) atoms. The standard InChI is InChI=1S/C27H33N3O2/c1-19-17-22-13-14-24-25(23(22)18-30(19)27(31)32-2)28-26(21-11-7-4-8-12-21)29(24)16-15-20-9-5-3-6-10-20/h3,5-6,9-10,13-14,19,21H,4,7-8,11-12,15-18H2,1-2H3/t19-/m1/s1. The summed E-state index contributed by atoms with van der Waals surface area (Å²) in [5.41, 5.74) is 6.15. The molecular weight excluding hydrogens is 398 g/mol. The van der Waals surface area contributed by atoms with Crippen molar-refractivity contribution >= 4 is 17.1 Å². The minimum atomic E-state index is -0.254. The fraction of sp³-hybridized carbons (Fsp3) is 0.481. The molecule has 1 fully saturated rings. The highest BCUT2D eigenvalue weighted by Crippen LogP contribution is 2.37. The monoisotopic (exact) mass is 431 g/mol. The zero-order valence-corrected chi connectivity index (χ0v) is 19.2. The minimum absolute atomic E-state index is 0.130. The van der Waals surface area contributed by atoms with Crippen LogP contribution < -0.4 is 0 Å². The van der Waals surface area contributed by atoms with Gasteiger partial charge >= 0.3 is 6.09 Å². The number of hydrogen-bond donors (Lipinski definition) is 0. The van der Waals surface area contributed by atoms with E-state index in [-0.39, 0.29) is 12.1 Å². The maximum Gasteiger partial charge on any atom is 0.410 e. The fourth-order valence-corrected chi connectivity index (χ4v) is 5.58. The molecule has 0 radical (unpaired) electrons. The van der Waals surface area contributed by atoms with E-state index in [0.29, 0.717) is 12.5 Å². The van der Waals surface area contributed by atoms with Gasteiger partial charge in [-0.05, 0) is 49.8 Å². The largest absolute Gasteiger partial charge is 0.453 e. The Morgan fingerprint density at radius 3 is 2.62 bits per heavy atom. The number of amides is 1. The van der Waals surface area contributed by atoms with E-state index in [9.17, 15) is 4.79 Å². The molecule has 0 saturated heterocycles. The first kappa shape index (κ1) is 21.0. The maximum atomic E-state index is 12.4. The van der Waals surface area contributed by atoms with Crippen molar-refractivity contribution in [3.63, 3.8) is 0 Å². The van der Waals surface area contributed by atoms with Crippen LogP contribution in [0.4, 0.5) is 4.79 Å². The normalized spacial score (nSPS) is 19.2. The minimum Gasteiger partial charge on any atom is -0.453 e. The summed E-state index contributed by atoms with van der Waals surface area (Å²) in [5.74, 6) is 1.77. The van der Waals surface area contributed by atoms with Crippen molar-refractivity contribution in [1.29, 1.82) is 0 Å². The lowest BCUT2D eigenvalue weighted by molar-refractivity contribution is 0.101.